The van der Waals surface area contributed by atoms with Gasteiger partial charge in [0.15, 0.2) is 11.5 Å². The monoisotopic (exact) mass is 410 g/mol. The maximum absolute atomic E-state index is 13.8. The van der Waals surface area contributed by atoms with Crippen LogP contribution in [-0.4, -0.2) is 31.6 Å². The highest BCUT2D eigenvalue weighted by atomic mass is 19.1. The van der Waals surface area contributed by atoms with E-state index in [1.807, 2.05) is 0 Å². The van der Waals surface area contributed by atoms with Crippen molar-refractivity contribution in [3.8, 4) is 11.5 Å². The van der Waals surface area contributed by atoms with Crippen molar-refractivity contribution in [3.05, 3.63) is 78.0 Å². The second kappa shape index (κ2) is 8.69. The molecule has 0 spiro atoms. The second-order valence-electron chi connectivity index (χ2n) is 6.59. The van der Waals surface area contributed by atoms with Gasteiger partial charge in [0.1, 0.15) is 31.3 Å². The Morgan fingerprint density at radius 3 is 2.60 bits per heavy atom. The molecule has 0 fully saturated rings. The van der Waals surface area contributed by atoms with Gasteiger partial charge in [0, 0.05) is 11.3 Å². The molecule has 0 bridgehead atoms. The van der Waals surface area contributed by atoms with Gasteiger partial charge in [-0.25, -0.2) is 4.39 Å². The standard InChI is InChI=1S/C22H19FN2O5/c23-16-3-1-4-17(12-16)25(14-21(26)24-13-18-5-2-8-28-18)22(27)15-6-7-19-20(11-15)30-10-9-29-19/h1-8,11-12H,9-10,13-14H2,(H,24,26). The Hall–Kier alpha value is -3.81. The first kappa shape index (κ1) is 19.5. The summed E-state index contributed by atoms with van der Waals surface area (Å²) in [7, 11) is 0. The van der Waals surface area contributed by atoms with Gasteiger partial charge in [-0.1, -0.05) is 6.07 Å². The quantitative estimate of drug-likeness (QED) is 0.675. The van der Waals surface area contributed by atoms with E-state index in [9.17, 15) is 14.0 Å². The fraction of sp³-hybridized carbons (Fsp3) is 0.182. The minimum atomic E-state index is -0.511. The lowest BCUT2D eigenvalue weighted by molar-refractivity contribution is -0.120. The van der Waals surface area contributed by atoms with Gasteiger partial charge in [-0.3, -0.25) is 14.5 Å². The zero-order valence-corrected chi connectivity index (χ0v) is 16.0. The maximum atomic E-state index is 13.8. The minimum Gasteiger partial charge on any atom is -0.486 e. The molecule has 1 aliphatic rings. The Kier molecular flexibility index (Phi) is 5.65. The molecule has 4 rings (SSSR count). The number of nitrogens with zero attached hydrogens (tertiary/aromatic N) is 1. The number of amides is 2. The molecule has 2 aromatic carbocycles. The van der Waals surface area contributed by atoms with Gasteiger partial charge in [-0.15, -0.1) is 0 Å². The van der Waals surface area contributed by atoms with E-state index in [1.54, 1.807) is 36.4 Å². The minimum absolute atomic E-state index is 0.182. The van der Waals surface area contributed by atoms with Crippen LogP contribution in [0.15, 0.2) is 65.3 Å². The number of benzene rings is 2. The van der Waals surface area contributed by atoms with Gasteiger partial charge in [-0.2, -0.15) is 0 Å². The summed E-state index contributed by atoms with van der Waals surface area (Å²) < 4.78 is 30.0. The van der Waals surface area contributed by atoms with Crippen LogP contribution in [-0.2, 0) is 11.3 Å². The summed E-state index contributed by atoms with van der Waals surface area (Å²) in [5.41, 5.74) is 0.561. The van der Waals surface area contributed by atoms with Gasteiger partial charge in [0.2, 0.25) is 5.91 Å². The molecule has 0 unspecified atom stereocenters. The lowest BCUT2D eigenvalue weighted by Crippen LogP contribution is -2.40. The number of nitrogens with one attached hydrogen (secondary N) is 1. The molecule has 0 saturated heterocycles. The first-order valence-electron chi connectivity index (χ1n) is 9.36. The third-order valence-electron chi connectivity index (χ3n) is 4.50. The van der Waals surface area contributed by atoms with Crippen LogP contribution in [0, 0.1) is 5.82 Å². The molecule has 30 heavy (non-hydrogen) atoms. The van der Waals surface area contributed by atoms with Crippen molar-refractivity contribution >= 4 is 17.5 Å². The summed E-state index contributed by atoms with van der Waals surface area (Å²) in [5, 5.41) is 2.69. The van der Waals surface area contributed by atoms with E-state index in [1.165, 1.54) is 29.4 Å². The Labute approximate surface area is 172 Å². The van der Waals surface area contributed by atoms with Crippen LogP contribution in [0.2, 0.25) is 0 Å². The molecular formula is C22H19FN2O5. The zero-order chi connectivity index (χ0) is 20.9. The van der Waals surface area contributed by atoms with E-state index in [0.29, 0.717) is 36.0 Å². The van der Waals surface area contributed by atoms with Crippen LogP contribution < -0.4 is 19.7 Å². The third kappa shape index (κ3) is 4.43. The number of halogens is 1. The van der Waals surface area contributed by atoms with E-state index in [-0.39, 0.29) is 18.8 Å². The van der Waals surface area contributed by atoms with E-state index >= 15 is 0 Å². The number of rotatable bonds is 6. The second-order valence-corrected chi connectivity index (χ2v) is 6.59. The molecule has 3 aromatic rings. The van der Waals surface area contributed by atoms with Crippen LogP contribution in [0.25, 0.3) is 0 Å². The highest BCUT2D eigenvalue weighted by Crippen LogP contribution is 2.31. The molecular weight excluding hydrogens is 391 g/mol. The van der Waals surface area contributed by atoms with E-state index in [4.69, 9.17) is 13.9 Å². The first-order chi connectivity index (χ1) is 14.6. The highest BCUT2D eigenvalue weighted by Gasteiger charge is 2.23. The van der Waals surface area contributed by atoms with Crippen molar-refractivity contribution in [1.29, 1.82) is 0 Å². The van der Waals surface area contributed by atoms with Crippen molar-refractivity contribution in [3.63, 3.8) is 0 Å². The molecule has 2 heterocycles. The number of hydrogen-bond donors (Lipinski definition) is 1. The Morgan fingerprint density at radius 2 is 1.83 bits per heavy atom. The van der Waals surface area contributed by atoms with Gasteiger partial charge in [-0.05, 0) is 48.5 Å². The van der Waals surface area contributed by atoms with E-state index < -0.39 is 17.6 Å². The number of hydrogen-bond acceptors (Lipinski definition) is 5. The predicted molar refractivity (Wildman–Crippen MR) is 106 cm³/mol. The average Bonchev–Trinajstić information content (AvgIpc) is 3.29. The van der Waals surface area contributed by atoms with Crippen molar-refractivity contribution in [1.82, 2.24) is 5.32 Å². The Bertz CT molecular complexity index is 1050. The topological polar surface area (TPSA) is 81.0 Å². The molecule has 0 radical (unpaired) electrons. The number of carbonyl (C=O) groups excluding carboxylic acids is 2. The smallest absolute Gasteiger partial charge is 0.258 e. The van der Waals surface area contributed by atoms with Crippen molar-refractivity contribution in [2.45, 2.75) is 6.54 Å². The third-order valence-corrected chi connectivity index (χ3v) is 4.50. The number of anilines is 1. The summed E-state index contributed by atoms with van der Waals surface area (Å²) in [4.78, 5) is 26.9. The largest absolute Gasteiger partial charge is 0.486 e. The number of ether oxygens (including phenoxy) is 2. The summed E-state index contributed by atoms with van der Waals surface area (Å²) in [6, 6.07) is 13.8. The molecule has 8 heteroatoms. The SMILES string of the molecule is O=C(CN(C(=O)c1ccc2c(c1)OCCO2)c1cccc(F)c1)NCc1ccco1. The van der Waals surface area contributed by atoms with Gasteiger partial charge in [0.25, 0.3) is 5.91 Å². The molecule has 1 N–H and O–H groups in total. The number of carbonyl (C=O) groups is 2. The Morgan fingerprint density at radius 1 is 1.00 bits per heavy atom. The molecule has 1 aliphatic heterocycles. The number of furan rings is 1. The lowest BCUT2D eigenvalue weighted by Gasteiger charge is -2.24. The lowest BCUT2D eigenvalue weighted by atomic mass is 10.1. The van der Waals surface area contributed by atoms with Crippen molar-refractivity contribution in [2.24, 2.45) is 0 Å². The fourth-order valence-corrected chi connectivity index (χ4v) is 3.05. The molecule has 7 nitrogen and oxygen atoms in total. The summed E-state index contributed by atoms with van der Waals surface area (Å²) in [6.45, 7) is 0.706. The van der Waals surface area contributed by atoms with Gasteiger partial charge in [0.05, 0.1) is 12.8 Å². The maximum Gasteiger partial charge on any atom is 0.258 e. The molecule has 0 atom stereocenters. The van der Waals surface area contributed by atoms with Crippen molar-refractivity contribution in [2.75, 3.05) is 24.7 Å². The highest BCUT2D eigenvalue weighted by molar-refractivity contribution is 6.09. The Balaban J connectivity index is 1.56. The summed E-state index contributed by atoms with van der Waals surface area (Å²) in [5.74, 6) is 0.189. The van der Waals surface area contributed by atoms with Crippen LogP contribution in [0.5, 0.6) is 11.5 Å². The molecule has 154 valence electrons. The van der Waals surface area contributed by atoms with Crippen LogP contribution >= 0.6 is 0 Å². The first-order valence-corrected chi connectivity index (χ1v) is 9.36. The normalized spacial score (nSPS) is 12.3. The van der Waals surface area contributed by atoms with Crippen LogP contribution in [0.1, 0.15) is 16.1 Å². The summed E-state index contributed by atoms with van der Waals surface area (Å²) in [6.07, 6.45) is 1.51. The molecule has 2 amide bonds. The molecule has 0 saturated carbocycles. The summed E-state index contributed by atoms with van der Waals surface area (Å²) >= 11 is 0. The van der Waals surface area contributed by atoms with Gasteiger partial charge < -0.3 is 19.2 Å². The molecule has 1 aromatic heterocycles. The van der Waals surface area contributed by atoms with Crippen LogP contribution in [0.3, 0.4) is 0 Å². The van der Waals surface area contributed by atoms with Gasteiger partial charge >= 0.3 is 0 Å². The van der Waals surface area contributed by atoms with Crippen molar-refractivity contribution < 1.29 is 27.9 Å². The fourth-order valence-electron chi connectivity index (χ4n) is 3.05. The zero-order valence-electron chi connectivity index (χ0n) is 16.0. The van der Waals surface area contributed by atoms with Crippen LogP contribution in [0.4, 0.5) is 10.1 Å². The predicted octanol–water partition coefficient (Wildman–Crippen LogP) is 3.15. The average molecular weight is 410 g/mol. The van der Waals surface area contributed by atoms with E-state index in [0.717, 1.165) is 0 Å². The number of fused-ring (bicyclic) bond motifs is 1. The van der Waals surface area contributed by atoms with E-state index in [2.05, 4.69) is 5.32 Å². The molecule has 0 aliphatic carbocycles.